The van der Waals surface area contributed by atoms with E-state index in [1.807, 2.05) is 0 Å². The Morgan fingerprint density at radius 3 is 2.84 bits per heavy atom. The molecule has 102 valence electrons. The Morgan fingerprint density at radius 1 is 1.37 bits per heavy atom. The van der Waals surface area contributed by atoms with E-state index in [9.17, 15) is 0 Å². The number of nitrogens with one attached hydrogen (secondary N) is 1. The van der Waals surface area contributed by atoms with Crippen LogP contribution in [-0.2, 0) is 6.54 Å². The molecule has 1 heterocycles. The highest BCUT2D eigenvalue weighted by molar-refractivity contribution is 8.01. The van der Waals surface area contributed by atoms with Gasteiger partial charge in [-0.2, -0.15) is 0 Å². The molecule has 0 unspecified atom stereocenters. The zero-order valence-corrected chi connectivity index (χ0v) is 13.1. The molecule has 0 saturated carbocycles. The van der Waals surface area contributed by atoms with Gasteiger partial charge in [-0.15, -0.1) is 10.2 Å². The fraction of sp³-hybridized carbons (Fsp3) is 0.429. The van der Waals surface area contributed by atoms with Crippen molar-refractivity contribution < 1.29 is 0 Å². The lowest BCUT2D eigenvalue weighted by Gasteiger charge is -2.09. The van der Waals surface area contributed by atoms with Crippen molar-refractivity contribution in [3.8, 4) is 0 Å². The summed E-state index contributed by atoms with van der Waals surface area (Å²) in [5.74, 6) is 0.688. The predicted octanol–water partition coefficient (Wildman–Crippen LogP) is 3.74. The molecule has 3 nitrogen and oxygen atoms in total. The molecule has 0 aliphatic rings. The van der Waals surface area contributed by atoms with Crippen molar-refractivity contribution in [2.45, 2.75) is 36.6 Å². The summed E-state index contributed by atoms with van der Waals surface area (Å²) in [4.78, 5) is 1.25. The minimum absolute atomic E-state index is 0.688. The van der Waals surface area contributed by atoms with Crippen molar-refractivity contribution in [1.29, 1.82) is 0 Å². The Balaban J connectivity index is 1.97. The van der Waals surface area contributed by atoms with Gasteiger partial charge in [-0.25, -0.2) is 0 Å². The maximum absolute atomic E-state index is 4.06. The summed E-state index contributed by atoms with van der Waals surface area (Å²) in [7, 11) is 0. The highest BCUT2D eigenvalue weighted by Gasteiger charge is 2.05. The summed E-state index contributed by atoms with van der Waals surface area (Å²) in [6.07, 6.45) is 0. The van der Waals surface area contributed by atoms with Crippen LogP contribution in [0.4, 0.5) is 0 Å². The van der Waals surface area contributed by atoms with Crippen LogP contribution < -0.4 is 5.32 Å². The van der Waals surface area contributed by atoms with E-state index in [-0.39, 0.29) is 0 Å². The SMILES string of the molecule is Cc1cc(CNCC(C)C)ccc1Sc1nncs1. The van der Waals surface area contributed by atoms with Crippen LogP contribution in [0, 0.1) is 12.8 Å². The maximum Gasteiger partial charge on any atom is 0.178 e. The lowest BCUT2D eigenvalue weighted by molar-refractivity contribution is 0.552. The molecular weight excluding hydrogens is 274 g/mol. The highest BCUT2D eigenvalue weighted by atomic mass is 32.2. The van der Waals surface area contributed by atoms with Crippen molar-refractivity contribution in [2.24, 2.45) is 5.92 Å². The monoisotopic (exact) mass is 293 g/mol. The van der Waals surface area contributed by atoms with Gasteiger partial charge in [0, 0.05) is 11.4 Å². The Hall–Kier alpha value is -0.910. The minimum Gasteiger partial charge on any atom is -0.312 e. The normalized spacial score (nSPS) is 11.2. The third-order valence-corrected chi connectivity index (χ3v) is 4.61. The van der Waals surface area contributed by atoms with Crippen molar-refractivity contribution >= 4 is 23.1 Å². The third kappa shape index (κ3) is 4.60. The lowest BCUT2D eigenvalue weighted by Crippen LogP contribution is -2.18. The van der Waals surface area contributed by atoms with Crippen molar-refractivity contribution in [3.05, 3.63) is 34.8 Å². The quantitative estimate of drug-likeness (QED) is 0.880. The Labute approximate surface area is 122 Å². The zero-order valence-electron chi connectivity index (χ0n) is 11.5. The van der Waals surface area contributed by atoms with Gasteiger partial charge in [-0.3, -0.25) is 0 Å². The number of hydrogen-bond donors (Lipinski definition) is 1. The van der Waals surface area contributed by atoms with E-state index in [1.54, 1.807) is 28.6 Å². The first-order valence-electron chi connectivity index (χ1n) is 6.39. The Morgan fingerprint density at radius 2 is 2.21 bits per heavy atom. The number of benzene rings is 1. The summed E-state index contributed by atoms with van der Waals surface area (Å²) in [6, 6.07) is 6.61. The molecule has 2 aromatic rings. The first-order valence-corrected chi connectivity index (χ1v) is 8.09. The third-order valence-electron chi connectivity index (χ3n) is 2.66. The fourth-order valence-electron chi connectivity index (χ4n) is 1.74. The van der Waals surface area contributed by atoms with E-state index in [2.05, 4.69) is 54.5 Å². The zero-order chi connectivity index (χ0) is 13.7. The number of aromatic nitrogens is 2. The second-order valence-corrected chi connectivity index (χ2v) is 7.05. The van der Waals surface area contributed by atoms with Crippen LogP contribution >= 0.6 is 23.1 Å². The second-order valence-electron chi connectivity index (χ2n) is 4.93. The van der Waals surface area contributed by atoms with Gasteiger partial charge in [0.2, 0.25) is 0 Å². The van der Waals surface area contributed by atoms with Crippen LogP contribution in [0.2, 0.25) is 0 Å². The molecule has 5 heteroatoms. The average molecular weight is 293 g/mol. The van der Waals surface area contributed by atoms with Gasteiger partial charge in [-0.05, 0) is 36.6 Å². The van der Waals surface area contributed by atoms with Crippen molar-refractivity contribution in [1.82, 2.24) is 15.5 Å². The average Bonchev–Trinajstić information content (AvgIpc) is 2.85. The smallest absolute Gasteiger partial charge is 0.178 e. The lowest BCUT2D eigenvalue weighted by atomic mass is 10.1. The van der Waals surface area contributed by atoms with Crippen LogP contribution in [0.15, 0.2) is 32.9 Å². The van der Waals surface area contributed by atoms with E-state index in [4.69, 9.17) is 0 Å². The first-order chi connectivity index (χ1) is 9.15. The molecule has 1 aromatic heterocycles. The van der Waals surface area contributed by atoms with E-state index in [0.717, 1.165) is 17.4 Å². The molecule has 0 saturated heterocycles. The number of rotatable bonds is 6. The van der Waals surface area contributed by atoms with Gasteiger partial charge >= 0.3 is 0 Å². The molecule has 0 aliphatic carbocycles. The molecule has 0 bridgehead atoms. The molecule has 0 aliphatic heterocycles. The summed E-state index contributed by atoms with van der Waals surface area (Å²) in [5.41, 5.74) is 4.39. The molecule has 0 spiro atoms. The predicted molar refractivity (Wildman–Crippen MR) is 81.8 cm³/mol. The van der Waals surface area contributed by atoms with Crippen LogP contribution in [0.5, 0.6) is 0 Å². The molecule has 0 radical (unpaired) electrons. The summed E-state index contributed by atoms with van der Waals surface area (Å²) < 4.78 is 0.994. The van der Waals surface area contributed by atoms with Crippen LogP contribution in [0.25, 0.3) is 0 Å². The van der Waals surface area contributed by atoms with E-state index in [1.165, 1.54) is 16.0 Å². The van der Waals surface area contributed by atoms with E-state index >= 15 is 0 Å². The van der Waals surface area contributed by atoms with Gasteiger partial charge in [0.15, 0.2) is 4.34 Å². The topological polar surface area (TPSA) is 37.8 Å². The highest BCUT2D eigenvalue weighted by Crippen LogP contribution is 2.31. The molecule has 0 fully saturated rings. The largest absolute Gasteiger partial charge is 0.312 e. The van der Waals surface area contributed by atoms with Gasteiger partial charge in [0.1, 0.15) is 5.51 Å². The Bertz CT molecular complexity index is 509. The molecule has 1 N–H and O–H groups in total. The Kier molecular flexibility index (Phi) is 5.36. The maximum atomic E-state index is 4.06. The van der Waals surface area contributed by atoms with Crippen molar-refractivity contribution in [2.75, 3.05) is 6.54 Å². The van der Waals surface area contributed by atoms with Gasteiger partial charge in [0.25, 0.3) is 0 Å². The number of aryl methyl sites for hydroxylation is 1. The van der Waals surface area contributed by atoms with Crippen molar-refractivity contribution in [3.63, 3.8) is 0 Å². The summed E-state index contributed by atoms with van der Waals surface area (Å²) >= 11 is 3.26. The minimum atomic E-state index is 0.688. The van der Waals surface area contributed by atoms with Gasteiger partial charge in [-0.1, -0.05) is 49.1 Å². The standard InChI is InChI=1S/C14H19N3S2/c1-10(2)7-15-8-12-4-5-13(11(3)6-12)19-14-17-16-9-18-14/h4-6,9-10,15H,7-8H2,1-3H3. The van der Waals surface area contributed by atoms with E-state index in [0.29, 0.717) is 5.92 Å². The number of hydrogen-bond acceptors (Lipinski definition) is 5. The number of nitrogens with zero attached hydrogens (tertiary/aromatic N) is 2. The molecule has 1 aromatic carbocycles. The molecule has 0 amide bonds. The summed E-state index contributed by atoms with van der Waals surface area (Å²) in [5, 5.41) is 11.4. The fourth-order valence-corrected chi connectivity index (χ4v) is 3.24. The van der Waals surface area contributed by atoms with Crippen LogP contribution in [0.3, 0.4) is 0 Å². The molecule has 2 rings (SSSR count). The summed E-state index contributed by atoms with van der Waals surface area (Å²) in [6.45, 7) is 8.58. The first kappa shape index (κ1) is 14.5. The molecular formula is C14H19N3S2. The van der Waals surface area contributed by atoms with Gasteiger partial charge in [0.05, 0.1) is 0 Å². The van der Waals surface area contributed by atoms with Crippen LogP contribution in [-0.4, -0.2) is 16.7 Å². The second kappa shape index (κ2) is 7.03. The van der Waals surface area contributed by atoms with Gasteiger partial charge < -0.3 is 5.32 Å². The van der Waals surface area contributed by atoms with Crippen LogP contribution in [0.1, 0.15) is 25.0 Å². The molecule has 19 heavy (non-hydrogen) atoms. The molecule has 0 atom stereocenters. The van der Waals surface area contributed by atoms with E-state index < -0.39 is 0 Å².